The molecule has 1 fully saturated rings. The molecule has 184 valence electrons. The predicted octanol–water partition coefficient (Wildman–Crippen LogP) is 3.23. The molecule has 0 saturated carbocycles. The third-order valence-corrected chi connectivity index (χ3v) is 5.80. The molecule has 0 aliphatic carbocycles. The monoisotopic (exact) mass is 561 g/mol. The smallest absolute Gasteiger partial charge is 0.191 e. The average Bonchev–Trinajstić information content (AvgIpc) is 2.80. The number of nitrogens with zero attached hydrogens (tertiary/aromatic N) is 3. The molecule has 1 aromatic rings. The maximum atomic E-state index is 5.69. The van der Waals surface area contributed by atoms with Crippen molar-refractivity contribution in [2.75, 3.05) is 66.1 Å². The molecule has 1 saturated heterocycles. The molecule has 0 radical (unpaired) electrons. The number of halogens is 1. The van der Waals surface area contributed by atoms with Crippen molar-refractivity contribution >= 4 is 29.9 Å². The van der Waals surface area contributed by atoms with Crippen molar-refractivity contribution < 1.29 is 9.47 Å². The van der Waals surface area contributed by atoms with E-state index < -0.39 is 0 Å². The largest absolute Gasteiger partial charge is 0.493 e. The molecule has 0 amide bonds. The van der Waals surface area contributed by atoms with Crippen molar-refractivity contribution in [2.45, 2.75) is 46.6 Å². The third kappa shape index (κ3) is 9.70. The summed E-state index contributed by atoms with van der Waals surface area (Å²) in [5.74, 6) is 2.51. The Morgan fingerprint density at radius 1 is 1.09 bits per heavy atom. The van der Waals surface area contributed by atoms with Gasteiger partial charge in [-0.2, -0.15) is 0 Å². The molecule has 32 heavy (non-hydrogen) atoms. The Hall–Kier alpha value is -1.26. The van der Waals surface area contributed by atoms with E-state index in [1.165, 1.54) is 18.7 Å². The van der Waals surface area contributed by atoms with Crippen LogP contribution in [0, 0.1) is 0 Å². The standard InChI is InChI=1S/C24H43N5O2.HI/c1-6-25-24(27-19-20(4)29-16-14-28(7-2)15-17-29)26-13-9-10-21-11-12-22(30-5)23(18-21)31-8-3;/h11-12,18,20H,6-10,13-17,19H2,1-5H3,(H2,25,26,27);1H. The minimum absolute atomic E-state index is 0. The number of ether oxygens (including phenoxy) is 2. The SMILES string of the molecule is CCNC(=NCC(C)N1CCN(CC)CC1)NCCCc1ccc(OC)c(OCC)c1.I. The summed E-state index contributed by atoms with van der Waals surface area (Å²) in [6.07, 6.45) is 2.01. The Balaban J connectivity index is 0.00000512. The van der Waals surface area contributed by atoms with Gasteiger partial charge in [-0.25, -0.2) is 0 Å². The fourth-order valence-electron chi connectivity index (χ4n) is 3.85. The van der Waals surface area contributed by atoms with Crippen LogP contribution >= 0.6 is 24.0 Å². The highest BCUT2D eigenvalue weighted by Gasteiger charge is 2.19. The number of aryl methyl sites for hydroxylation is 1. The van der Waals surface area contributed by atoms with Crippen LogP contribution in [0.15, 0.2) is 23.2 Å². The molecule has 0 aromatic heterocycles. The Morgan fingerprint density at radius 2 is 1.84 bits per heavy atom. The second-order valence-corrected chi connectivity index (χ2v) is 7.99. The van der Waals surface area contributed by atoms with Crippen LogP contribution in [-0.4, -0.2) is 87.9 Å². The lowest BCUT2D eigenvalue weighted by Crippen LogP contribution is -2.50. The van der Waals surface area contributed by atoms with E-state index in [4.69, 9.17) is 14.5 Å². The van der Waals surface area contributed by atoms with Gasteiger partial charge in [0.1, 0.15) is 0 Å². The lowest BCUT2D eigenvalue weighted by Gasteiger charge is -2.37. The van der Waals surface area contributed by atoms with E-state index in [2.05, 4.69) is 53.3 Å². The van der Waals surface area contributed by atoms with E-state index in [0.29, 0.717) is 12.6 Å². The second kappa shape index (κ2) is 16.4. The molecule has 2 N–H and O–H groups in total. The highest BCUT2D eigenvalue weighted by atomic mass is 127. The van der Waals surface area contributed by atoms with Gasteiger partial charge in [0.25, 0.3) is 0 Å². The van der Waals surface area contributed by atoms with Gasteiger partial charge in [0.2, 0.25) is 0 Å². The maximum Gasteiger partial charge on any atom is 0.191 e. The summed E-state index contributed by atoms with van der Waals surface area (Å²) in [7, 11) is 1.68. The number of benzene rings is 1. The van der Waals surface area contributed by atoms with E-state index >= 15 is 0 Å². The van der Waals surface area contributed by atoms with Crippen LogP contribution in [0.2, 0.25) is 0 Å². The zero-order valence-electron chi connectivity index (χ0n) is 20.7. The first-order valence-corrected chi connectivity index (χ1v) is 11.9. The molecule has 0 spiro atoms. The van der Waals surface area contributed by atoms with Crippen molar-refractivity contribution in [3.05, 3.63) is 23.8 Å². The van der Waals surface area contributed by atoms with Crippen LogP contribution in [0.5, 0.6) is 11.5 Å². The molecule has 8 heteroatoms. The first-order chi connectivity index (χ1) is 15.1. The van der Waals surface area contributed by atoms with E-state index in [1.54, 1.807) is 7.11 Å². The van der Waals surface area contributed by atoms with E-state index in [9.17, 15) is 0 Å². The normalized spacial score (nSPS) is 16.2. The third-order valence-electron chi connectivity index (χ3n) is 5.80. The van der Waals surface area contributed by atoms with Gasteiger partial charge in [-0.3, -0.25) is 9.89 Å². The minimum atomic E-state index is 0. The topological polar surface area (TPSA) is 61.4 Å². The quantitative estimate of drug-likeness (QED) is 0.177. The van der Waals surface area contributed by atoms with Crippen LogP contribution in [0.4, 0.5) is 0 Å². The zero-order valence-corrected chi connectivity index (χ0v) is 23.0. The number of hydrogen-bond donors (Lipinski definition) is 2. The fourth-order valence-corrected chi connectivity index (χ4v) is 3.85. The van der Waals surface area contributed by atoms with Crippen LogP contribution in [-0.2, 0) is 6.42 Å². The van der Waals surface area contributed by atoms with Crippen molar-refractivity contribution in [1.29, 1.82) is 0 Å². The lowest BCUT2D eigenvalue weighted by atomic mass is 10.1. The highest BCUT2D eigenvalue weighted by Crippen LogP contribution is 2.28. The number of likely N-dealkylation sites (N-methyl/N-ethyl adjacent to an activating group) is 1. The van der Waals surface area contributed by atoms with Crippen molar-refractivity contribution in [2.24, 2.45) is 4.99 Å². The van der Waals surface area contributed by atoms with Crippen molar-refractivity contribution in [3.8, 4) is 11.5 Å². The summed E-state index contributed by atoms with van der Waals surface area (Å²) < 4.78 is 11.1. The number of guanidine groups is 1. The lowest BCUT2D eigenvalue weighted by molar-refractivity contribution is 0.109. The van der Waals surface area contributed by atoms with Crippen molar-refractivity contribution in [1.82, 2.24) is 20.4 Å². The van der Waals surface area contributed by atoms with Crippen LogP contribution in [0.3, 0.4) is 0 Å². The summed E-state index contributed by atoms with van der Waals surface area (Å²) in [4.78, 5) is 9.90. The number of methoxy groups -OCH3 is 1. The summed E-state index contributed by atoms with van der Waals surface area (Å²) in [6, 6.07) is 6.65. The van der Waals surface area contributed by atoms with Crippen LogP contribution < -0.4 is 20.1 Å². The molecule has 7 nitrogen and oxygen atoms in total. The van der Waals surface area contributed by atoms with Gasteiger partial charge in [-0.1, -0.05) is 13.0 Å². The molecule has 1 aliphatic heterocycles. The summed E-state index contributed by atoms with van der Waals surface area (Å²) in [5, 5.41) is 6.86. The van der Waals surface area contributed by atoms with Gasteiger partial charge in [-0.05, 0) is 57.9 Å². The summed E-state index contributed by atoms with van der Waals surface area (Å²) in [5.41, 5.74) is 1.26. The van der Waals surface area contributed by atoms with E-state index in [-0.39, 0.29) is 24.0 Å². The second-order valence-electron chi connectivity index (χ2n) is 7.99. The molecule has 1 aliphatic rings. The van der Waals surface area contributed by atoms with Gasteiger partial charge < -0.3 is 25.0 Å². The van der Waals surface area contributed by atoms with Crippen LogP contribution in [0.25, 0.3) is 0 Å². The molecule has 1 atom stereocenters. The molecular weight excluding hydrogens is 517 g/mol. The average molecular weight is 562 g/mol. The highest BCUT2D eigenvalue weighted by molar-refractivity contribution is 14.0. The number of nitrogens with one attached hydrogen (secondary N) is 2. The first-order valence-electron chi connectivity index (χ1n) is 11.9. The molecule has 1 heterocycles. The van der Waals surface area contributed by atoms with Gasteiger partial charge in [0.05, 0.1) is 20.3 Å². The predicted molar refractivity (Wildman–Crippen MR) is 145 cm³/mol. The maximum absolute atomic E-state index is 5.69. The molecule has 1 unspecified atom stereocenters. The first kappa shape index (κ1) is 28.8. The van der Waals surface area contributed by atoms with Gasteiger partial charge in [-0.15, -0.1) is 24.0 Å². The molecular formula is C24H44IN5O2. The van der Waals surface area contributed by atoms with Gasteiger partial charge >= 0.3 is 0 Å². The summed E-state index contributed by atoms with van der Waals surface area (Å²) in [6.45, 7) is 17.6. The van der Waals surface area contributed by atoms with E-state index in [0.717, 1.165) is 69.6 Å². The van der Waals surface area contributed by atoms with Gasteiger partial charge in [0.15, 0.2) is 17.5 Å². The summed E-state index contributed by atoms with van der Waals surface area (Å²) >= 11 is 0. The Labute approximate surface area is 212 Å². The van der Waals surface area contributed by atoms with Crippen LogP contribution in [0.1, 0.15) is 39.7 Å². The molecule has 1 aromatic carbocycles. The number of hydrogen-bond acceptors (Lipinski definition) is 5. The molecule has 2 rings (SSSR count). The number of aliphatic imine (C=N–C) groups is 1. The van der Waals surface area contributed by atoms with Gasteiger partial charge in [0, 0.05) is 45.3 Å². The number of rotatable bonds is 12. The number of piperazine rings is 1. The Kier molecular flexibility index (Phi) is 14.7. The minimum Gasteiger partial charge on any atom is -0.493 e. The Bertz CT molecular complexity index is 666. The Morgan fingerprint density at radius 3 is 2.47 bits per heavy atom. The fraction of sp³-hybridized carbons (Fsp3) is 0.708. The van der Waals surface area contributed by atoms with Crippen molar-refractivity contribution in [3.63, 3.8) is 0 Å². The molecule has 0 bridgehead atoms. The van der Waals surface area contributed by atoms with E-state index in [1.807, 2.05) is 13.0 Å². The zero-order chi connectivity index (χ0) is 22.5.